The highest BCUT2D eigenvalue weighted by Gasteiger charge is 2.15. The van der Waals surface area contributed by atoms with Crippen molar-refractivity contribution in [2.45, 2.75) is 26.3 Å². The van der Waals surface area contributed by atoms with Crippen molar-refractivity contribution in [2.75, 3.05) is 18.8 Å². The Balaban J connectivity index is 2.03. The van der Waals surface area contributed by atoms with Gasteiger partial charge in [0.25, 0.3) is 5.56 Å². The number of benzene rings is 1. The Labute approximate surface area is 163 Å². The topological polar surface area (TPSA) is 106 Å². The number of aromatic nitrogens is 3. The van der Waals surface area contributed by atoms with E-state index in [4.69, 9.17) is 5.73 Å². The minimum absolute atomic E-state index is 0.0756. The van der Waals surface area contributed by atoms with E-state index in [2.05, 4.69) is 22.2 Å². The Morgan fingerprint density at radius 2 is 1.96 bits per heavy atom. The summed E-state index contributed by atoms with van der Waals surface area (Å²) < 4.78 is 1.57. The molecule has 1 unspecified atom stereocenters. The van der Waals surface area contributed by atoms with Gasteiger partial charge >= 0.3 is 0 Å². The van der Waals surface area contributed by atoms with Crippen LogP contribution in [0.15, 0.2) is 53.7 Å². The summed E-state index contributed by atoms with van der Waals surface area (Å²) in [6.45, 7) is 5.55. The molecule has 0 aliphatic carbocycles. The fraction of sp³-hybridized carbons (Fsp3) is 0.286. The van der Waals surface area contributed by atoms with Crippen LogP contribution in [0.25, 0.3) is 22.4 Å². The molecule has 0 amide bonds. The molecule has 0 spiro atoms. The van der Waals surface area contributed by atoms with Crippen LogP contribution < -0.4 is 16.6 Å². The first-order valence-corrected chi connectivity index (χ1v) is 9.34. The smallest absolute Gasteiger partial charge is 0.293 e. The molecule has 0 fully saturated rings. The molecule has 0 saturated carbocycles. The molecule has 0 radical (unpaired) electrons. The van der Waals surface area contributed by atoms with E-state index >= 15 is 0 Å². The van der Waals surface area contributed by atoms with Crippen molar-refractivity contribution in [3.63, 3.8) is 0 Å². The minimum Gasteiger partial charge on any atom is -0.507 e. The molecule has 2 aromatic heterocycles. The number of hydrogen-bond acceptors (Lipinski definition) is 6. The predicted octanol–water partition coefficient (Wildman–Crippen LogP) is 2.82. The second kappa shape index (κ2) is 8.67. The van der Waals surface area contributed by atoms with E-state index in [0.717, 1.165) is 24.1 Å². The molecule has 0 saturated heterocycles. The zero-order valence-corrected chi connectivity index (χ0v) is 16.1. The van der Waals surface area contributed by atoms with Crippen LogP contribution in [0.2, 0.25) is 0 Å². The lowest BCUT2D eigenvalue weighted by Gasteiger charge is -2.18. The maximum atomic E-state index is 12.5. The summed E-state index contributed by atoms with van der Waals surface area (Å²) in [7, 11) is 0. The number of rotatable bonds is 7. The highest BCUT2D eigenvalue weighted by molar-refractivity contribution is 5.75. The Hall–Kier alpha value is -3.19. The Bertz CT molecular complexity index is 1000. The SMILES string of the molecule is CCCNCC(C)n1cc(-c2cc(-c3ccncc3)ccc2O)nc(N)c1=O. The monoisotopic (exact) mass is 379 g/mol. The quantitative estimate of drug-likeness (QED) is 0.545. The molecule has 4 N–H and O–H groups in total. The highest BCUT2D eigenvalue weighted by Crippen LogP contribution is 2.32. The molecule has 28 heavy (non-hydrogen) atoms. The van der Waals surface area contributed by atoms with Gasteiger partial charge < -0.3 is 20.7 Å². The molecule has 1 atom stereocenters. The average molecular weight is 379 g/mol. The number of nitrogens with one attached hydrogen (secondary N) is 1. The molecule has 0 aliphatic heterocycles. The average Bonchev–Trinajstić information content (AvgIpc) is 2.71. The highest BCUT2D eigenvalue weighted by atomic mass is 16.3. The van der Waals surface area contributed by atoms with Crippen LogP contribution in [0.3, 0.4) is 0 Å². The van der Waals surface area contributed by atoms with Crippen LogP contribution in [0.4, 0.5) is 5.82 Å². The summed E-state index contributed by atoms with van der Waals surface area (Å²) in [6, 6.07) is 8.95. The van der Waals surface area contributed by atoms with Crippen molar-refractivity contribution in [2.24, 2.45) is 0 Å². The van der Waals surface area contributed by atoms with Gasteiger partial charge in [-0.1, -0.05) is 13.0 Å². The maximum absolute atomic E-state index is 12.5. The second-order valence-corrected chi connectivity index (χ2v) is 6.74. The number of phenols is 1. The van der Waals surface area contributed by atoms with E-state index in [-0.39, 0.29) is 23.2 Å². The normalized spacial score (nSPS) is 12.1. The zero-order valence-electron chi connectivity index (χ0n) is 16.1. The molecule has 1 aromatic carbocycles. The van der Waals surface area contributed by atoms with E-state index in [1.807, 2.05) is 31.2 Å². The third-order valence-electron chi connectivity index (χ3n) is 4.58. The van der Waals surface area contributed by atoms with Gasteiger partial charge in [-0.2, -0.15) is 0 Å². The molecule has 3 aromatic rings. The molecule has 7 nitrogen and oxygen atoms in total. The summed E-state index contributed by atoms with van der Waals surface area (Å²) in [6.07, 6.45) is 6.09. The molecule has 146 valence electrons. The van der Waals surface area contributed by atoms with E-state index in [1.54, 1.807) is 29.2 Å². The molecular weight excluding hydrogens is 354 g/mol. The van der Waals surface area contributed by atoms with Gasteiger partial charge in [0.2, 0.25) is 0 Å². The van der Waals surface area contributed by atoms with Gasteiger partial charge in [0.1, 0.15) is 5.75 Å². The Morgan fingerprint density at radius 3 is 2.68 bits per heavy atom. The van der Waals surface area contributed by atoms with Crippen molar-refractivity contribution in [3.05, 3.63) is 59.3 Å². The van der Waals surface area contributed by atoms with Gasteiger partial charge in [-0.15, -0.1) is 0 Å². The number of nitrogens with two attached hydrogens (primary N) is 1. The molecule has 7 heteroatoms. The standard InChI is InChI=1S/C21H25N5O2/c1-3-8-24-12-14(2)26-13-18(25-20(22)21(26)28)17-11-16(4-5-19(17)27)15-6-9-23-10-7-15/h4-7,9-11,13-14,24,27H,3,8,12H2,1-2H3,(H2,22,25). The van der Waals surface area contributed by atoms with Crippen molar-refractivity contribution in [1.82, 2.24) is 19.9 Å². The van der Waals surface area contributed by atoms with Gasteiger partial charge in [-0.3, -0.25) is 9.78 Å². The fourth-order valence-electron chi connectivity index (χ4n) is 3.04. The summed E-state index contributed by atoms with van der Waals surface area (Å²) in [4.78, 5) is 20.7. The zero-order chi connectivity index (χ0) is 20.1. The van der Waals surface area contributed by atoms with E-state index < -0.39 is 0 Å². The van der Waals surface area contributed by atoms with Crippen LogP contribution in [-0.2, 0) is 0 Å². The van der Waals surface area contributed by atoms with Gasteiger partial charge in [0.15, 0.2) is 5.82 Å². The Morgan fingerprint density at radius 1 is 1.21 bits per heavy atom. The lowest BCUT2D eigenvalue weighted by molar-refractivity contribution is 0.474. The third kappa shape index (κ3) is 4.20. The van der Waals surface area contributed by atoms with Gasteiger partial charge in [-0.25, -0.2) is 4.98 Å². The van der Waals surface area contributed by atoms with Crippen LogP contribution in [0, 0.1) is 0 Å². The number of pyridine rings is 1. The first-order chi connectivity index (χ1) is 13.5. The van der Waals surface area contributed by atoms with Gasteiger partial charge in [0.05, 0.1) is 5.69 Å². The number of phenolic OH excluding ortho intramolecular Hbond substituents is 1. The molecule has 0 bridgehead atoms. The van der Waals surface area contributed by atoms with E-state index in [0.29, 0.717) is 17.8 Å². The van der Waals surface area contributed by atoms with Crippen LogP contribution >= 0.6 is 0 Å². The number of nitrogens with zero attached hydrogens (tertiary/aromatic N) is 3. The number of anilines is 1. The van der Waals surface area contributed by atoms with Crippen molar-refractivity contribution >= 4 is 5.82 Å². The summed E-state index contributed by atoms with van der Waals surface area (Å²) in [5.41, 5.74) is 8.41. The molecular formula is C21H25N5O2. The third-order valence-corrected chi connectivity index (χ3v) is 4.58. The fourth-order valence-corrected chi connectivity index (χ4v) is 3.04. The molecule has 3 rings (SSSR count). The lowest BCUT2D eigenvalue weighted by atomic mass is 10.0. The van der Waals surface area contributed by atoms with Crippen molar-refractivity contribution < 1.29 is 5.11 Å². The molecule has 0 aliphatic rings. The second-order valence-electron chi connectivity index (χ2n) is 6.74. The largest absolute Gasteiger partial charge is 0.507 e. The van der Waals surface area contributed by atoms with Crippen LogP contribution in [0.1, 0.15) is 26.3 Å². The van der Waals surface area contributed by atoms with Gasteiger partial charge in [-0.05, 0) is 55.3 Å². The minimum atomic E-state index is -0.334. The summed E-state index contributed by atoms with van der Waals surface area (Å²) >= 11 is 0. The summed E-state index contributed by atoms with van der Waals surface area (Å²) in [5, 5.41) is 13.7. The van der Waals surface area contributed by atoms with Crippen molar-refractivity contribution in [3.8, 4) is 28.1 Å². The van der Waals surface area contributed by atoms with E-state index in [9.17, 15) is 9.90 Å². The first kappa shape index (κ1) is 19.6. The predicted molar refractivity (Wildman–Crippen MR) is 111 cm³/mol. The maximum Gasteiger partial charge on any atom is 0.293 e. The van der Waals surface area contributed by atoms with Crippen LogP contribution in [-0.4, -0.2) is 32.7 Å². The number of aromatic hydroxyl groups is 1. The lowest BCUT2D eigenvalue weighted by Crippen LogP contribution is -2.32. The Kier molecular flexibility index (Phi) is 6.06. The molecule has 2 heterocycles. The summed E-state index contributed by atoms with van der Waals surface area (Å²) in [5.74, 6) is -0.0137. The van der Waals surface area contributed by atoms with Crippen LogP contribution in [0.5, 0.6) is 5.75 Å². The number of hydrogen-bond donors (Lipinski definition) is 3. The number of nitrogen functional groups attached to an aromatic ring is 1. The van der Waals surface area contributed by atoms with Crippen molar-refractivity contribution in [1.29, 1.82) is 0 Å². The van der Waals surface area contributed by atoms with Gasteiger partial charge in [0, 0.05) is 36.7 Å². The van der Waals surface area contributed by atoms with E-state index in [1.165, 1.54) is 0 Å². The first-order valence-electron chi connectivity index (χ1n) is 9.34.